The van der Waals surface area contributed by atoms with Crippen LogP contribution >= 0.6 is 0 Å². The molecule has 0 saturated heterocycles. The lowest BCUT2D eigenvalue weighted by Gasteiger charge is -2.25. The molecular weight excluding hydrogens is 421 g/mol. The van der Waals surface area contributed by atoms with E-state index in [4.69, 9.17) is 4.74 Å². The van der Waals surface area contributed by atoms with Crippen LogP contribution in [0.3, 0.4) is 0 Å². The van der Waals surface area contributed by atoms with Crippen molar-refractivity contribution in [3.05, 3.63) is 47.5 Å². The van der Waals surface area contributed by atoms with E-state index < -0.39 is 15.7 Å². The van der Waals surface area contributed by atoms with Gasteiger partial charge in [-0.05, 0) is 36.5 Å². The Morgan fingerprint density at radius 2 is 1.97 bits per heavy atom. The molecule has 31 heavy (non-hydrogen) atoms. The Hall–Kier alpha value is -2.26. The molecule has 1 saturated carbocycles. The van der Waals surface area contributed by atoms with Gasteiger partial charge in [0, 0.05) is 26.1 Å². The predicted octanol–water partition coefficient (Wildman–Crippen LogP) is 3.04. The minimum atomic E-state index is -3.78. The summed E-state index contributed by atoms with van der Waals surface area (Å²) < 4.78 is 46.2. The third-order valence-corrected chi connectivity index (χ3v) is 6.74. The van der Waals surface area contributed by atoms with Crippen molar-refractivity contribution in [1.82, 2.24) is 14.5 Å². The van der Waals surface area contributed by atoms with Gasteiger partial charge in [-0.1, -0.05) is 26.0 Å². The lowest BCUT2D eigenvalue weighted by Crippen LogP contribution is -2.35. The van der Waals surface area contributed by atoms with Crippen LogP contribution in [0.4, 0.5) is 4.39 Å². The number of amides is 1. The second kappa shape index (κ2) is 9.91. The monoisotopic (exact) mass is 451 g/mol. The molecule has 1 aromatic heterocycles. The average molecular weight is 452 g/mol. The van der Waals surface area contributed by atoms with Crippen molar-refractivity contribution in [2.75, 3.05) is 20.3 Å². The van der Waals surface area contributed by atoms with Crippen LogP contribution in [-0.2, 0) is 38.2 Å². The predicted molar refractivity (Wildman–Crippen MR) is 114 cm³/mol. The largest absolute Gasteiger partial charge is 0.383 e. The zero-order valence-electron chi connectivity index (χ0n) is 18.3. The third kappa shape index (κ3) is 6.13. The van der Waals surface area contributed by atoms with E-state index in [-0.39, 0.29) is 22.7 Å². The molecule has 0 atom stereocenters. The number of sulfone groups is 1. The second-order valence-corrected chi connectivity index (χ2v) is 10.3. The van der Waals surface area contributed by atoms with E-state index >= 15 is 0 Å². The van der Waals surface area contributed by atoms with Crippen LogP contribution < -0.4 is 0 Å². The number of hydrogen-bond acceptors (Lipinski definition) is 5. The van der Waals surface area contributed by atoms with Gasteiger partial charge in [0.25, 0.3) is 0 Å². The van der Waals surface area contributed by atoms with Crippen LogP contribution in [-0.4, -0.2) is 49.0 Å². The topological polar surface area (TPSA) is 81.5 Å². The SMILES string of the molecule is COCCn1c(CN(CC(C)C)C(=O)C2CC2)cnc1S(=O)(=O)Cc1ccc(F)cc1. The Labute approximate surface area is 183 Å². The molecule has 0 aliphatic heterocycles. The van der Waals surface area contributed by atoms with Crippen molar-refractivity contribution < 1.29 is 22.3 Å². The number of methoxy groups -OCH3 is 1. The summed E-state index contributed by atoms with van der Waals surface area (Å²) in [6.07, 6.45) is 3.35. The number of carbonyl (C=O) groups is 1. The van der Waals surface area contributed by atoms with Crippen molar-refractivity contribution in [3.63, 3.8) is 0 Å². The lowest BCUT2D eigenvalue weighted by atomic mass is 10.2. The smallest absolute Gasteiger partial charge is 0.228 e. The molecule has 0 unspecified atom stereocenters. The van der Waals surface area contributed by atoms with E-state index in [1.807, 2.05) is 13.8 Å². The van der Waals surface area contributed by atoms with E-state index in [1.165, 1.54) is 30.5 Å². The molecule has 7 nitrogen and oxygen atoms in total. The standard InChI is InChI=1S/C22H30FN3O4S/c1-16(2)13-25(21(27)18-6-7-18)14-20-12-24-22(26(20)10-11-30-3)31(28,29)15-17-4-8-19(23)9-5-17/h4-5,8-9,12,16,18H,6-7,10-11,13-15H2,1-3H3. The van der Waals surface area contributed by atoms with Crippen LogP contribution in [0, 0.1) is 17.7 Å². The number of aromatic nitrogens is 2. The van der Waals surface area contributed by atoms with Crippen molar-refractivity contribution >= 4 is 15.7 Å². The Morgan fingerprint density at radius 1 is 1.29 bits per heavy atom. The molecule has 1 heterocycles. The fraction of sp³-hybridized carbons (Fsp3) is 0.545. The zero-order chi connectivity index (χ0) is 22.6. The summed E-state index contributed by atoms with van der Waals surface area (Å²) >= 11 is 0. The van der Waals surface area contributed by atoms with Gasteiger partial charge in [0.1, 0.15) is 5.82 Å². The fourth-order valence-corrected chi connectivity index (χ4v) is 5.03. The van der Waals surface area contributed by atoms with Gasteiger partial charge < -0.3 is 14.2 Å². The number of imidazole rings is 1. The van der Waals surface area contributed by atoms with Gasteiger partial charge in [-0.2, -0.15) is 0 Å². The van der Waals surface area contributed by atoms with Gasteiger partial charge in [0.2, 0.25) is 20.9 Å². The lowest BCUT2D eigenvalue weighted by molar-refractivity contribution is -0.133. The average Bonchev–Trinajstić information content (AvgIpc) is 3.47. The molecule has 1 aliphatic carbocycles. The van der Waals surface area contributed by atoms with Gasteiger partial charge in [0.15, 0.2) is 0 Å². The van der Waals surface area contributed by atoms with Gasteiger partial charge in [-0.25, -0.2) is 17.8 Å². The van der Waals surface area contributed by atoms with E-state index in [0.717, 1.165) is 12.8 Å². The van der Waals surface area contributed by atoms with Crippen LogP contribution in [0.2, 0.25) is 0 Å². The summed E-state index contributed by atoms with van der Waals surface area (Å²) in [5.41, 5.74) is 1.14. The van der Waals surface area contributed by atoms with Crippen molar-refractivity contribution in [3.8, 4) is 0 Å². The van der Waals surface area contributed by atoms with Gasteiger partial charge in [-0.15, -0.1) is 0 Å². The molecule has 1 aromatic carbocycles. The first-order valence-corrected chi connectivity index (χ1v) is 12.2. The Bertz CT molecular complexity index is 998. The zero-order valence-corrected chi connectivity index (χ0v) is 19.1. The summed E-state index contributed by atoms with van der Waals surface area (Å²) in [6, 6.07) is 5.38. The number of rotatable bonds is 11. The normalized spacial score (nSPS) is 14.2. The van der Waals surface area contributed by atoms with Crippen LogP contribution in [0.15, 0.2) is 35.6 Å². The van der Waals surface area contributed by atoms with E-state index in [2.05, 4.69) is 4.98 Å². The molecule has 0 N–H and O–H groups in total. The maximum atomic E-state index is 13.2. The van der Waals surface area contributed by atoms with Crippen LogP contribution in [0.25, 0.3) is 0 Å². The first-order valence-electron chi connectivity index (χ1n) is 10.5. The Kier molecular flexibility index (Phi) is 7.48. The minimum absolute atomic E-state index is 0.0627. The summed E-state index contributed by atoms with van der Waals surface area (Å²) in [5.74, 6) is -0.219. The molecule has 0 bridgehead atoms. The second-order valence-electron chi connectivity index (χ2n) is 8.45. The van der Waals surface area contributed by atoms with E-state index in [0.29, 0.717) is 43.4 Å². The Morgan fingerprint density at radius 3 is 2.55 bits per heavy atom. The highest BCUT2D eigenvalue weighted by atomic mass is 32.2. The highest BCUT2D eigenvalue weighted by Gasteiger charge is 2.34. The number of nitrogens with zero attached hydrogens (tertiary/aromatic N) is 3. The van der Waals surface area contributed by atoms with Gasteiger partial charge >= 0.3 is 0 Å². The molecule has 1 fully saturated rings. The van der Waals surface area contributed by atoms with Crippen molar-refractivity contribution in [1.29, 1.82) is 0 Å². The number of hydrogen-bond donors (Lipinski definition) is 0. The summed E-state index contributed by atoms with van der Waals surface area (Å²) in [4.78, 5) is 18.8. The van der Waals surface area contributed by atoms with E-state index in [9.17, 15) is 17.6 Å². The molecular formula is C22H30FN3O4S. The maximum Gasteiger partial charge on any atom is 0.228 e. The molecule has 9 heteroatoms. The van der Waals surface area contributed by atoms with Crippen molar-refractivity contribution in [2.24, 2.45) is 11.8 Å². The highest BCUT2D eigenvalue weighted by molar-refractivity contribution is 7.90. The molecule has 3 rings (SSSR count). The maximum absolute atomic E-state index is 13.2. The first-order chi connectivity index (χ1) is 14.7. The molecule has 0 radical (unpaired) electrons. The molecule has 170 valence electrons. The van der Waals surface area contributed by atoms with Crippen molar-refractivity contribution in [2.45, 2.75) is 50.7 Å². The van der Waals surface area contributed by atoms with Crippen LogP contribution in [0.1, 0.15) is 37.9 Å². The molecule has 1 amide bonds. The number of benzene rings is 1. The summed E-state index contributed by atoms with van der Waals surface area (Å²) in [5, 5.41) is -0.0627. The van der Waals surface area contributed by atoms with E-state index in [1.54, 1.807) is 16.6 Å². The number of halogens is 1. The number of ether oxygens (including phenoxy) is 1. The van der Waals surface area contributed by atoms with Gasteiger partial charge in [-0.3, -0.25) is 4.79 Å². The third-order valence-electron chi connectivity index (χ3n) is 5.15. The minimum Gasteiger partial charge on any atom is -0.383 e. The summed E-state index contributed by atoms with van der Waals surface area (Å²) in [6.45, 7) is 5.61. The fourth-order valence-electron chi connectivity index (χ4n) is 3.51. The number of carbonyl (C=O) groups excluding carboxylic acids is 1. The molecule has 0 spiro atoms. The highest BCUT2D eigenvalue weighted by Crippen LogP contribution is 2.32. The summed E-state index contributed by atoms with van der Waals surface area (Å²) in [7, 11) is -2.23. The quantitative estimate of drug-likeness (QED) is 0.525. The first kappa shape index (κ1) is 23.4. The molecule has 2 aromatic rings. The van der Waals surface area contributed by atoms with Gasteiger partial charge in [0.05, 0.1) is 30.8 Å². The molecule has 1 aliphatic rings. The Balaban J connectivity index is 1.89. The van der Waals surface area contributed by atoms with Crippen LogP contribution in [0.5, 0.6) is 0 Å².